The predicted molar refractivity (Wildman–Crippen MR) is 162 cm³/mol. The highest BCUT2D eigenvalue weighted by molar-refractivity contribution is 5.94. The molecule has 1 amide bonds. The lowest BCUT2D eigenvalue weighted by molar-refractivity contribution is 0.0289. The number of carbonyl (C=O) groups excluding carboxylic acids is 1. The first-order valence-electron chi connectivity index (χ1n) is 14.1. The molecule has 0 aliphatic carbocycles. The van der Waals surface area contributed by atoms with Gasteiger partial charge < -0.3 is 9.47 Å². The number of pyridine rings is 1. The van der Waals surface area contributed by atoms with Gasteiger partial charge in [0.25, 0.3) is 5.56 Å². The molecule has 1 unspecified atom stereocenters. The summed E-state index contributed by atoms with van der Waals surface area (Å²) >= 11 is 0. The van der Waals surface area contributed by atoms with Crippen LogP contribution in [0.15, 0.2) is 47.4 Å². The molecule has 44 heavy (non-hydrogen) atoms. The maximum Gasteiger partial charge on any atom is 0.411 e. The van der Waals surface area contributed by atoms with Crippen molar-refractivity contribution in [1.82, 2.24) is 24.8 Å². The molecule has 1 saturated heterocycles. The number of carbonyl (C=O) groups is 1. The van der Waals surface area contributed by atoms with E-state index in [1.807, 2.05) is 20.8 Å². The maximum atomic E-state index is 14.9. The number of nitriles is 1. The smallest absolute Gasteiger partial charge is 0.411 e. The topological polar surface area (TPSA) is 122 Å². The quantitative estimate of drug-likeness (QED) is 0.311. The molecule has 12 heteroatoms. The first kappa shape index (κ1) is 32.0. The van der Waals surface area contributed by atoms with Gasteiger partial charge in [0, 0.05) is 41.7 Å². The Kier molecular flexibility index (Phi) is 9.30. The molecule has 1 atom stereocenters. The molecular weight excluding hydrogens is 570 g/mol. The van der Waals surface area contributed by atoms with Crippen molar-refractivity contribution in [3.8, 4) is 28.6 Å². The van der Waals surface area contributed by atoms with E-state index in [1.54, 1.807) is 45.2 Å². The van der Waals surface area contributed by atoms with Gasteiger partial charge in [0.05, 0.1) is 48.0 Å². The highest BCUT2D eigenvalue weighted by Crippen LogP contribution is 2.32. The molecule has 230 valence electrons. The van der Waals surface area contributed by atoms with Gasteiger partial charge >= 0.3 is 6.09 Å². The van der Waals surface area contributed by atoms with Crippen molar-refractivity contribution in [2.24, 2.45) is 0 Å². The lowest BCUT2D eigenvalue weighted by Crippen LogP contribution is -2.36. The van der Waals surface area contributed by atoms with Gasteiger partial charge in [-0.3, -0.25) is 24.6 Å². The van der Waals surface area contributed by atoms with E-state index in [1.165, 1.54) is 11.0 Å². The number of fused-ring (bicyclic) bond motifs is 1. The zero-order chi connectivity index (χ0) is 32.3. The fraction of sp³-hybridized carbons (Fsp3) is 0.344. The lowest BCUT2D eigenvalue weighted by Gasteiger charge is -2.24. The number of benzene rings is 2. The Morgan fingerprint density at radius 3 is 2.39 bits per heavy atom. The summed E-state index contributed by atoms with van der Waals surface area (Å²) < 4.78 is 41.1. The van der Waals surface area contributed by atoms with E-state index in [-0.39, 0.29) is 41.2 Å². The van der Waals surface area contributed by atoms with Gasteiger partial charge in [-0.15, -0.1) is 0 Å². The zero-order valence-electron chi connectivity index (χ0n) is 25.7. The summed E-state index contributed by atoms with van der Waals surface area (Å²) in [5, 5.41) is 13.0. The Morgan fingerprint density at radius 1 is 1.14 bits per heavy atom. The number of aryl methyl sites for hydroxylation is 1. The van der Waals surface area contributed by atoms with E-state index >= 15 is 0 Å². The molecule has 1 N–H and O–H groups in total. The number of aromatic nitrogens is 3. The fourth-order valence-electron chi connectivity index (χ4n) is 4.78. The number of halogens is 2. The Bertz CT molecular complexity index is 1790. The molecule has 2 aromatic carbocycles. The molecule has 0 bridgehead atoms. The molecule has 10 nitrogen and oxygen atoms in total. The number of methoxy groups -OCH3 is 1. The molecule has 3 heterocycles. The number of amides is 1. The number of nitrogens with one attached hydrogen (secondary N) is 1. The van der Waals surface area contributed by atoms with Gasteiger partial charge in [-0.1, -0.05) is 19.9 Å². The van der Waals surface area contributed by atoms with Crippen LogP contribution in [0.1, 0.15) is 57.7 Å². The van der Waals surface area contributed by atoms with Crippen molar-refractivity contribution in [1.29, 1.82) is 5.26 Å². The average Bonchev–Trinajstić information content (AvgIpc) is 3.48. The van der Waals surface area contributed by atoms with Crippen molar-refractivity contribution in [3.05, 3.63) is 81.7 Å². The first-order valence-corrected chi connectivity index (χ1v) is 14.1. The van der Waals surface area contributed by atoms with E-state index in [2.05, 4.69) is 16.4 Å². The molecular formula is C32H34F2N6O4. The Labute approximate surface area is 253 Å². The normalized spacial score (nSPS) is 14.5. The van der Waals surface area contributed by atoms with Crippen LogP contribution in [0.5, 0.6) is 5.75 Å². The molecule has 1 fully saturated rings. The standard InChI is InChI=1S/C30H28F2N6O4.C2H6/c1-16-6-7-18(13-34-16)20-8-17(12-33)9-21-25(20)36-27(24-14-37(15-35-24)29(40)42-30(2,3)4)38(28(21)39)19-10-22(31)26(41-5)23(32)11-19;1-2/h6-11,13,24,35H,14-15H2,1-5H3;1-2H3. The second kappa shape index (κ2) is 12.8. The van der Waals surface area contributed by atoms with E-state index in [9.17, 15) is 23.6 Å². The largest absolute Gasteiger partial charge is 0.491 e. The van der Waals surface area contributed by atoms with Gasteiger partial charge in [-0.05, 0) is 45.9 Å². The van der Waals surface area contributed by atoms with Crippen molar-refractivity contribution in [3.63, 3.8) is 0 Å². The van der Waals surface area contributed by atoms with Crippen LogP contribution in [0.4, 0.5) is 13.6 Å². The minimum atomic E-state index is -1.02. The van der Waals surface area contributed by atoms with Crippen molar-refractivity contribution in [2.75, 3.05) is 20.3 Å². The minimum absolute atomic E-state index is 0.0612. The van der Waals surface area contributed by atoms with Crippen LogP contribution in [0.25, 0.3) is 27.7 Å². The molecule has 1 aliphatic heterocycles. The lowest BCUT2D eigenvalue weighted by atomic mass is 10.0. The molecule has 0 spiro atoms. The summed E-state index contributed by atoms with van der Waals surface area (Å²) in [5.74, 6) is -2.53. The first-order chi connectivity index (χ1) is 20.9. The second-order valence-electron chi connectivity index (χ2n) is 10.9. The van der Waals surface area contributed by atoms with Crippen LogP contribution in [-0.2, 0) is 4.74 Å². The van der Waals surface area contributed by atoms with E-state index in [0.717, 1.165) is 29.5 Å². The summed E-state index contributed by atoms with van der Waals surface area (Å²) in [5.41, 5.74) is 0.809. The number of hydrogen-bond donors (Lipinski definition) is 1. The Morgan fingerprint density at radius 2 is 1.82 bits per heavy atom. The summed E-state index contributed by atoms with van der Waals surface area (Å²) in [6, 6.07) is 9.88. The van der Waals surface area contributed by atoms with Gasteiger partial charge in [-0.2, -0.15) is 5.26 Å². The van der Waals surface area contributed by atoms with Crippen molar-refractivity contribution >= 4 is 17.0 Å². The maximum absolute atomic E-state index is 14.9. The van der Waals surface area contributed by atoms with Crippen LogP contribution in [0, 0.1) is 29.9 Å². The van der Waals surface area contributed by atoms with Crippen LogP contribution in [0.3, 0.4) is 0 Å². The highest BCUT2D eigenvalue weighted by Gasteiger charge is 2.34. The van der Waals surface area contributed by atoms with Gasteiger partial charge in [-0.25, -0.2) is 18.6 Å². The molecule has 1 aliphatic rings. The molecule has 4 aromatic rings. The molecule has 0 radical (unpaired) electrons. The summed E-state index contributed by atoms with van der Waals surface area (Å²) in [4.78, 5) is 37.6. The van der Waals surface area contributed by atoms with Gasteiger partial charge in [0.2, 0.25) is 0 Å². The van der Waals surface area contributed by atoms with E-state index < -0.39 is 40.7 Å². The molecule has 5 rings (SSSR count). The third-order valence-electron chi connectivity index (χ3n) is 6.69. The highest BCUT2D eigenvalue weighted by atomic mass is 19.1. The second-order valence-corrected chi connectivity index (χ2v) is 10.9. The third kappa shape index (κ3) is 6.38. The van der Waals surface area contributed by atoms with Crippen LogP contribution in [-0.4, -0.2) is 51.5 Å². The third-order valence-corrected chi connectivity index (χ3v) is 6.69. The molecule has 0 saturated carbocycles. The number of hydrogen-bond acceptors (Lipinski definition) is 8. The van der Waals surface area contributed by atoms with Crippen molar-refractivity contribution < 1.29 is 23.0 Å². The number of rotatable bonds is 4. The SMILES string of the molecule is CC.COc1c(F)cc(-n2c(C3CN(C(=O)OC(C)(C)C)CN3)nc3c(-c4ccc(C)nc4)cc(C#N)cc3c2=O)cc1F. The predicted octanol–water partition coefficient (Wildman–Crippen LogP) is 5.78. The summed E-state index contributed by atoms with van der Waals surface area (Å²) in [7, 11) is 1.13. The summed E-state index contributed by atoms with van der Waals surface area (Å²) in [6.45, 7) is 11.2. The van der Waals surface area contributed by atoms with Crippen LogP contribution >= 0.6 is 0 Å². The Balaban J connectivity index is 0.00000216. The van der Waals surface area contributed by atoms with E-state index in [0.29, 0.717) is 11.1 Å². The number of nitrogens with zero attached hydrogens (tertiary/aromatic N) is 5. The minimum Gasteiger partial charge on any atom is -0.491 e. The van der Waals surface area contributed by atoms with Gasteiger partial charge in [0.1, 0.15) is 11.4 Å². The summed E-state index contributed by atoms with van der Waals surface area (Å²) in [6.07, 6.45) is 1.04. The number of ether oxygens (including phenoxy) is 2. The van der Waals surface area contributed by atoms with Gasteiger partial charge in [0.15, 0.2) is 17.4 Å². The van der Waals surface area contributed by atoms with Crippen LogP contribution < -0.4 is 15.6 Å². The molecule has 2 aromatic heterocycles. The zero-order valence-corrected chi connectivity index (χ0v) is 25.7. The average molecular weight is 605 g/mol. The Hall–Kier alpha value is -4.89. The van der Waals surface area contributed by atoms with Crippen molar-refractivity contribution in [2.45, 2.75) is 53.2 Å². The monoisotopic (exact) mass is 604 g/mol. The van der Waals surface area contributed by atoms with E-state index in [4.69, 9.17) is 14.5 Å². The fourth-order valence-corrected chi connectivity index (χ4v) is 4.78. The van der Waals surface area contributed by atoms with Crippen LogP contribution in [0.2, 0.25) is 0 Å².